The molecule has 0 spiro atoms. The SMILES string of the molecule is Cc1nc2c(c(=O)[nH]1)CCN(C(=O)[C@@H]1CCCO1)CC2. The molecule has 20 heavy (non-hydrogen) atoms. The molecule has 1 fully saturated rings. The highest BCUT2D eigenvalue weighted by atomic mass is 16.5. The third-order valence-electron chi connectivity index (χ3n) is 3.99. The van der Waals surface area contributed by atoms with Crippen LogP contribution < -0.4 is 5.56 Å². The van der Waals surface area contributed by atoms with E-state index in [1.165, 1.54) is 0 Å². The predicted molar refractivity (Wildman–Crippen MR) is 72.6 cm³/mol. The van der Waals surface area contributed by atoms with Crippen LogP contribution in [-0.4, -0.2) is 46.6 Å². The van der Waals surface area contributed by atoms with E-state index in [4.69, 9.17) is 4.74 Å². The minimum Gasteiger partial charge on any atom is -0.368 e. The molecule has 6 nitrogen and oxygen atoms in total. The van der Waals surface area contributed by atoms with E-state index in [2.05, 4.69) is 9.97 Å². The van der Waals surface area contributed by atoms with Crippen molar-refractivity contribution in [1.29, 1.82) is 0 Å². The summed E-state index contributed by atoms with van der Waals surface area (Å²) >= 11 is 0. The molecule has 0 unspecified atom stereocenters. The number of aryl methyl sites for hydroxylation is 1. The Labute approximate surface area is 117 Å². The Morgan fingerprint density at radius 3 is 2.95 bits per heavy atom. The lowest BCUT2D eigenvalue weighted by Crippen LogP contribution is -2.40. The van der Waals surface area contributed by atoms with Crippen molar-refractivity contribution in [2.45, 2.75) is 38.7 Å². The second-order valence-electron chi connectivity index (χ2n) is 5.40. The highest BCUT2D eigenvalue weighted by Crippen LogP contribution is 2.17. The summed E-state index contributed by atoms with van der Waals surface area (Å²) in [7, 11) is 0. The fourth-order valence-electron chi connectivity index (χ4n) is 2.93. The van der Waals surface area contributed by atoms with Crippen LogP contribution in [0.15, 0.2) is 4.79 Å². The number of aromatic nitrogens is 2. The summed E-state index contributed by atoms with van der Waals surface area (Å²) in [6, 6.07) is 0. The largest absolute Gasteiger partial charge is 0.368 e. The maximum absolute atomic E-state index is 12.4. The van der Waals surface area contributed by atoms with Gasteiger partial charge in [0, 0.05) is 31.7 Å². The zero-order chi connectivity index (χ0) is 14.1. The Kier molecular flexibility index (Phi) is 3.56. The van der Waals surface area contributed by atoms with Crippen LogP contribution in [0.25, 0.3) is 0 Å². The smallest absolute Gasteiger partial charge is 0.254 e. The number of rotatable bonds is 1. The third-order valence-corrected chi connectivity index (χ3v) is 3.99. The molecule has 1 aromatic rings. The molecule has 1 amide bonds. The van der Waals surface area contributed by atoms with Crippen LogP contribution in [0.5, 0.6) is 0 Å². The summed E-state index contributed by atoms with van der Waals surface area (Å²) < 4.78 is 5.45. The molecule has 1 N–H and O–H groups in total. The summed E-state index contributed by atoms with van der Waals surface area (Å²) in [6.07, 6.45) is 2.67. The number of amides is 1. The number of carbonyl (C=O) groups is 1. The lowest BCUT2D eigenvalue weighted by molar-refractivity contribution is -0.140. The zero-order valence-electron chi connectivity index (χ0n) is 11.6. The van der Waals surface area contributed by atoms with Crippen LogP contribution in [0.3, 0.4) is 0 Å². The first-order chi connectivity index (χ1) is 9.65. The van der Waals surface area contributed by atoms with Gasteiger partial charge in [-0.15, -0.1) is 0 Å². The number of carbonyl (C=O) groups excluding carboxylic acids is 1. The molecule has 0 aromatic carbocycles. The van der Waals surface area contributed by atoms with Crippen LogP contribution in [0.2, 0.25) is 0 Å². The number of fused-ring (bicyclic) bond motifs is 1. The third kappa shape index (κ3) is 2.47. The number of aromatic amines is 1. The van der Waals surface area contributed by atoms with Gasteiger partial charge in [-0.1, -0.05) is 0 Å². The lowest BCUT2D eigenvalue weighted by atomic mass is 10.1. The summed E-state index contributed by atoms with van der Waals surface area (Å²) in [5.41, 5.74) is 1.48. The van der Waals surface area contributed by atoms with E-state index in [1.54, 1.807) is 6.92 Å². The van der Waals surface area contributed by atoms with Gasteiger partial charge in [0.15, 0.2) is 0 Å². The Balaban J connectivity index is 1.77. The second-order valence-corrected chi connectivity index (χ2v) is 5.40. The normalized spacial score (nSPS) is 22.4. The van der Waals surface area contributed by atoms with E-state index < -0.39 is 0 Å². The summed E-state index contributed by atoms with van der Waals surface area (Å²) in [5, 5.41) is 0. The first-order valence-electron chi connectivity index (χ1n) is 7.14. The highest BCUT2D eigenvalue weighted by molar-refractivity contribution is 5.81. The molecule has 1 aromatic heterocycles. The van der Waals surface area contributed by atoms with Gasteiger partial charge in [-0.3, -0.25) is 9.59 Å². The fourth-order valence-corrected chi connectivity index (χ4v) is 2.93. The first-order valence-corrected chi connectivity index (χ1v) is 7.14. The number of hydrogen-bond donors (Lipinski definition) is 1. The van der Waals surface area contributed by atoms with E-state index in [0.717, 1.165) is 24.1 Å². The number of nitrogens with one attached hydrogen (secondary N) is 1. The lowest BCUT2D eigenvalue weighted by Gasteiger charge is -2.23. The van der Waals surface area contributed by atoms with Crippen molar-refractivity contribution in [1.82, 2.24) is 14.9 Å². The molecule has 1 atom stereocenters. The molecule has 0 bridgehead atoms. The van der Waals surface area contributed by atoms with Crippen LogP contribution in [0.4, 0.5) is 0 Å². The molecule has 3 rings (SSSR count). The van der Waals surface area contributed by atoms with Crippen molar-refractivity contribution >= 4 is 5.91 Å². The fraction of sp³-hybridized carbons (Fsp3) is 0.643. The Bertz CT molecular complexity index is 576. The molecule has 6 heteroatoms. The van der Waals surface area contributed by atoms with Crippen molar-refractivity contribution < 1.29 is 9.53 Å². The molecule has 0 aliphatic carbocycles. The Morgan fingerprint density at radius 1 is 1.40 bits per heavy atom. The molecular formula is C14H19N3O3. The Hall–Kier alpha value is -1.69. The number of nitrogens with zero attached hydrogens (tertiary/aromatic N) is 2. The minimum absolute atomic E-state index is 0.0588. The molecule has 0 saturated carbocycles. The standard InChI is InChI=1S/C14H19N3O3/c1-9-15-11-5-7-17(6-4-10(11)13(18)16-9)14(19)12-3-2-8-20-12/h12H,2-8H2,1H3,(H,15,16,18)/t12-/m0/s1. The molecule has 1 saturated heterocycles. The maximum atomic E-state index is 12.4. The number of ether oxygens (including phenoxy) is 1. The summed E-state index contributed by atoms with van der Waals surface area (Å²) in [4.78, 5) is 33.2. The monoisotopic (exact) mass is 277 g/mol. The first kappa shape index (κ1) is 13.3. The van der Waals surface area contributed by atoms with Gasteiger partial charge in [0.05, 0.1) is 5.69 Å². The Morgan fingerprint density at radius 2 is 2.20 bits per heavy atom. The van der Waals surface area contributed by atoms with Crippen molar-refractivity contribution in [2.24, 2.45) is 0 Å². The summed E-state index contributed by atoms with van der Waals surface area (Å²) in [6.45, 7) is 3.63. The van der Waals surface area contributed by atoms with Gasteiger partial charge in [0.25, 0.3) is 11.5 Å². The van der Waals surface area contributed by atoms with Gasteiger partial charge in [0.1, 0.15) is 11.9 Å². The van der Waals surface area contributed by atoms with Crippen LogP contribution in [-0.2, 0) is 22.4 Å². The van der Waals surface area contributed by atoms with Gasteiger partial charge in [-0.05, 0) is 26.2 Å². The topological polar surface area (TPSA) is 75.3 Å². The predicted octanol–water partition coefficient (Wildman–Crippen LogP) is 0.185. The van der Waals surface area contributed by atoms with Crippen molar-refractivity contribution in [3.8, 4) is 0 Å². The van der Waals surface area contributed by atoms with Crippen molar-refractivity contribution in [2.75, 3.05) is 19.7 Å². The molecule has 2 aliphatic heterocycles. The van der Waals surface area contributed by atoms with Crippen LogP contribution >= 0.6 is 0 Å². The maximum Gasteiger partial charge on any atom is 0.254 e. The van der Waals surface area contributed by atoms with Gasteiger partial charge in [-0.2, -0.15) is 0 Å². The zero-order valence-corrected chi connectivity index (χ0v) is 11.6. The quantitative estimate of drug-likeness (QED) is 0.795. The van der Waals surface area contributed by atoms with Crippen LogP contribution in [0.1, 0.15) is 29.9 Å². The number of H-pyrrole nitrogens is 1. The van der Waals surface area contributed by atoms with Gasteiger partial charge in [0.2, 0.25) is 0 Å². The average molecular weight is 277 g/mol. The van der Waals surface area contributed by atoms with Crippen molar-refractivity contribution in [3.63, 3.8) is 0 Å². The van der Waals surface area contributed by atoms with E-state index in [0.29, 0.717) is 38.4 Å². The second kappa shape index (κ2) is 5.36. The van der Waals surface area contributed by atoms with E-state index in [9.17, 15) is 9.59 Å². The molecular weight excluding hydrogens is 258 g/mol. The van der Waals surface area contributed by atoms with E-state index in [-0.39, 0.29) is 17.6 Å². The minimum atomic E-state index is -0.288. The molecule has 0 radical (unpaired) electrons. The van der Waals surface area contributed by atoms with Gasteiger partial charge in [-0.25, -0.2) is 4.98 Å². The van der Waals surface area contributed by atoms with E-state index in [1.807, 2.05) is 4.90 Å². The summed E-state index contributed by atoms with van der Waals surface area (Å²) in [5.74, 6) is 0.691. The van der Waals surface area contributed by atoms with Crippen molar-refractivity contribution in [3.05, 3.63) is 27.4 Å². The highest BCUT2D eigenvalue weighted by Gasteiger charge is 2.29. The molecule has 3 heterocycles. The van der Waals surface area contributed by atoms with Crippen LogP contribution in [0, 0.1) is 6.92 Å². The molecule has 108 valence electrons. The molecule has 2 aliphatic rings. The number of hydrogen-bond acceptors (Lipinski definition) is 4. The average Bonchev–Trinajstić information content (AvgIpc) is 2.85. The van der Waals surface area contributed by atoms with E-state index >= 15 is 0 Å². The van der Waals surface area contributed by atoms with Gasteiger partial charge < -0.3 is 14.6 Å². The van der Waals surface area contributed by atoms with Gasteiger partial charge >= 0.3 is 0 Å².